The normalized spacial score (nSPS) is 10.9. The Morgan fingerprint density at radius 3 is 2.80 bits per heavy atom. The zero-order chi connectivity index (χ0) is 14.1. The first kappa shape index (κ1) is 13.0. The molecule has 0 bridgehead atoms. The molecule has 20 heavy (non-hydrogen) atoms. The first-order chi connectivity index (χ1) is 9.63. The van der Waals surface area contributed by atoms with Gasteiger partial charge in [0, 0.05) is 10.0 Å². The topological polar surface area (TPSA) is 61.2 Å². The second-order valence-corrected chi connectivity index (χ2v) is 4.89. The van der Waals surface area contributed by atoms with Gasteiger partial charge in [0.25, 0.3) is 5.89 Å². The molecule has 0 fully saturated rings. The first-order valence-corrected chi connectivity index (χ1v) is 6.45. The molecule has 0 aliphatic carbocycles. The van der Waals surface area contributed by atoms with E-state index in [2.05, 4.69) is 5.10 Å². The highest BCUT2D eigenvalue weighted by Crippen LogP contribution is 2.22. The molecule has 2 heterocycles. The summed E-state index contributed by atoms with van der Waals surface area (Å²) in [5.41, 5.74) is 0.720. The van der Waals surface area contributed by atoms with Crippen LogP contribution in [-0.2, 0) is 6.54 Å². The smallest absolute Gasteiger partial charge is 0.437 e. The van der Waals surface area contributed by atoms with Crippen molar-refractivity contribution in [1.82, 2.24) is 9.78 Å². The fourth-order valence-electron chi connectivity index (χ4n) is 1.72. The van der Waals surface area contributed by atoms with Crippen LogP contribution in [0.4, 0.5) is 0 Å². The largest absolute Gasteiger partial charge is 0.459 e. The Bertz CT molecular complexity index is 790. The maximum atomic E-state index is 11.7. The number of benzene rings is 1. The lowest BCUT2D eigenvalue weighted by atomic mass is 10.2. The van der Waals surface area contributed by atoms with Gasteiger partial charge in [-0.3, -0.25) is 0 Å². The Morgan fingerprint density at radius 1 is 1.25 bits per heavy atom. The van der Waals surface area contributed by atoms with Gasteiger partial charge in [-0.25, -0.2) is 4.79 Å². The van der Waals surface area contributed by atoms with E-state index in [0.717, 1.165) is 5.56 Å². The Labute approximate surface area is 123 Å². The third-order valence-corrected chi connectivity index (χ3v) is 3.26. The van der Waals surface area contributed by atoms with E-state index in [4.69, 9.17) is 32.0 Å². The number of halogens is 2. The predicted octanol–water partition coefficient (Wildman–Crippen LogP) is 3.45. The van der Waals surface area contributed by atoms with Gasteiger partial charge in [0.1, 0.15) is 0 Å². The standard InChI is InChI=1S/C13H8Cl2N2O3/c14-9-4-3-8(10(15)6-9)7-17-13(18)20-12(16-17)11-2-1-5-19-11/h1-6H,7H2. The average Bonchev–Trinajstić information content (AvgIpc) is 3.03. The van der Waals surface area contributed by atoms with Crippen molar-refractivity contribution in [2.75, 3.05) is 0 Å². The molecule has 7 heteroatoms. The maximum Gasteiger partial charge on any atom is 0.437 e. The Kier molecular flexibility index (Phi) is 3.38. The molecule has 0 saturated carbocycles. The average molecular weight is 311 g/mol. The molecule has 1 aromatic carbocycles. The number of hydrogen-bond donors (Lipinski definition) is 0. The van der Waals surface area contributed by atoms with Crippen molar-refractivity contribution in [1.29, 1.82) is 0 Å². The van der Waals surface area contributed by atoms with Crippen molar-refractivity contribution in [3.63, 3.8) is 0 Å². The van der Waals surface area contributed by atoms with Crippen LogP contribution in [0, 0.1) is 0 Å². The van der Waals surface area contributed by atoms with Gasteiger partial charge in [-0.05, 0) is 29.8 Å². The van der Waals surface area contributed by atoms with E-state index in [1.54, 1.807) is 30.3 Å². The lowest BCUT2D eigenvalue weighted by Crippen LogP contribution is -2.16. The SMILES string of the molecule is O=c1oc(-c2ccco2)nn1Cc1ccc(Cl)cc1Cl. The van der Waals surface area contributed by atoms with Crippen molar-refractivity contribution in [3.05, 3.63) is 62.8 Å². The lowest BCUT2D eigenvalue weighted by molar-refractivity contribution is 0.476. The highest BCUT2D eigenvalue weighted by atomic mass is 35.5. The summed E-state index contributed by atoms with van der Waals surface area (Å²) in [5.74, 6) is -0.0597. The number of hydrogen-bond acceptors (Lipinski definition) is 4. The molecule has 0 atom stereocenters. The fraction of sp³-hybridized carbons (Fsp3) is 0.0769. The quantitative estimate of drug-likeness (QED) is 0.743. The molecular formula is C13H8Cl2N2O3. The Morgan fingerprint density at radius 2 is 2.10 bits per heavy atom. The first-order valence-electron chi connectivity index (χ1n) is 5.69. The molecule has 0 unspecified atom stereocenters. The van der Waals surface area contributed by atoms with Crippen LogP contribution < -0.4 is 5.76 Å². The summed E-state index contributed by atoms with van der Waals surface area (Å²) >= 11 is 11.9. The van der Waals surface area contributed by atoms with Crippen LogP contribution in [0.25, 0.3) is 11.7 Å². The second-order valence-electron chi connectivity index (χ2n) is 4.04. The van der Waals surface area contributed by atoms with E-state index >= 15 is 0 Å². The van der Waals surface area contributed by atoms with Gasteiger partial charge in [0.15, 0.2) is 5.76 Å². The van der Waals surface area contributed by atoms with Gasteiger partial charge in [0.05, 0.1) is 12.8 Å². The highest BCUT2D eigenvalue weighted by Gasteiger charge is 2.13. The predicted molar refractivity (Wildman–Crippen MR) is 74.0 cm³/mol. The molecule has 3 rings (SSSR count). The molecule has 0 aliphatic heterocycles. The van der Waals surface area contributed by atoms with Gasteiger partial charge >= 0.3 is 5.76 Å². The van der Waals surface area contributed by atoms with Gasteiger partial charge in [0.2, 0.25) is 0 Å². The third kappa shape index (κ3) is 2.50. The lowest BCUT2D eigenvalue weighted by Gasteiger charge is -2.02. The Hall–Kier alpha value is -1.98. The van der Waals surface area contributed by atoms with Gasteiger partial charge in [-0.15, -0.1) is 5.10 Å². The highest BCUT2D eigenvalue weighted by molar-refractivity contribution is 6.35. The van der Waals surface area contributed by atoms with Crippen LogP contribution in [-0.4, -0.2) is 9.78 Å². The van der Waals surface area contributed by atoms with Gasteiger partial charge < -0.3 is 8.83 Å². The summed E-state index contributed by atoms with van der Waals surface area (Å²) in [6.45, 7) is 0.193. The Balaban J connectivity index is 1.93. The molecule has 0 aliphatic rings. The van der Waals surface area contributed by atoms with Crippen LogP contribution in [0.15, 0.2) is 50.2 Å². The van der Waals surface area contributed by atoms with E-state index in [-0.39, 0.29) is 12.4 Å². The van der Waals surface area contributed by atoms with Gasteiger partial charge in [-0.1, -0.05) is 29.3 Å². The molecule has 0 radical (unpaired) electrons. The molecule has 0 N–H and O–H groups in total. The molecular weight excluding hydrogens is 303 g/mol. The van der Waals surface area contributed by atoms with E-state index in [9.17, 15) is 4.79 Å². The zero-order valence-corrected chi connectivity index (χ0v) is 11.6. The van der Waals surface area contributed by atoms with Gasteiger partial charge in [-0.2, -0.15) is 4.68 Å². The monoisotopic (exact) mass is 310 g/mol. The van der Waals surface area contributed by atoms with Crippen molar-refractivity contribution >= 4 is 23.2 Å². The maximum absolute atomic E-state index is 11.7. The molecule has 102 valence electrons. The fourth-order valence-corrected chi connectivity index (χ4v) is 2.19. The van der Waals surface area contributed by atoms with Crippen molar-refractivity contribution in [3.8, 4) is 11.7 Å². The number of rotatable bonds is 3. The summed E-state index contributed by atoms with van der Waals surface area (Å²) in [7, 11) is 0. The molecule has 0 spiro atoms. The van der Waals surface area contributed by atoms with Crippen molar-refractivity contribution in [2.45, 2.75) is 6.54 Å². The number of furan rings is 1. The van der Waals surface area contributed by atoms with Crippen molar-refractivity contribution < 1.29 is 8.83 Å². The van der Waals surface area contributed by atoms with Crippen molar-refractivity contribution in [2.24, 2.45) is 0 Å². The third-order valence-electron chi connectivity index (χ3n) is 2.67. The molecule has 0 amide bonds. The molecule has 0 saturated heterocycles. The van der Waals surface area contributed by atoms with Crippen LogP contribution in [0.2, 0.25) is 10.0 Å². The van der Waals surface area contributed by atoms with E-state index in [0.29, 0.717) is 15.8 Å². The summed E-state index contributed by atoms with van der Waals surface area (Å²) in [5, 5.41) is 5.06. The zero-order valence-electron chi connectivity index (χ0n) is 10.0. The van der Waals surface area contributed by atoms with Crippen LogP contribution in [0.1, 0.15) is 5.56 Å². The van der Waals surface area contributed by atoms with Crippen LogP contribution in [0.5, 0.6) is 0 Å². The summed E-state index contributed by atoms with van der Waals surface area (Å²) in [6.07, 6.45) is 1.48. The van der Waals surface area contributed by atoms with E-state index in [1.165, 1.54) is 10.9 Å². The van der Waals surface area contributed by atoms with Crippen LogP contribution in [0.3, 0.4) is 0 Å². The number of aromatic nitrogens is 2. The minimum Gasteiger partial charge on any atom is -0.459 e. The van der Waals surface area contributed by atoms with Crippen LogP contribution >= 0.6 is 23.2 Å². The molecule has 2 aromatic heterocycles. The van der Waals surface area contributed by atoms with E-state index < -0.39 is 5.76 Å². The minimum atomic E-state index is -0.581. The number of nitrogens with zero attached hydrogens (tertiary/aromatic N) is 2. The van der Waals surface area contributed by atoms with E-state index in [1.807, 2.05) is 0 Å². The minimum absolute atomic E-state index is 0.130. The summed E-state index contributed by atoms with van der Waals surface area (Å²) in [6, 6.07) is 8.38. The molecule has 3 aromatic rings. The second kappa shape index (κ2) is 5.19. The molecule has 5 nitrogen and oxygen atoms in total. The summed E-state index contributed by atoms with van der Waals surface area (Å²) < 4.78 is 11.3. The summed E-state index contributed by atoms with van der Waals surface area (Å²) in [4.78, 5) is 11.7.